The Morgan fingerprint density at radius 1 is 0.719 bits per heavy atom. The molecular weight excluding hydrogens is 424 g/mol. The molecule has 0 N–H and O–H groups in total. The molecule has 0 bridgehead atoms. The molecule has 1 aliphatic heterocycles. The first kappa shape index (κ1) is 21.3. The Bertz CT molecular complexity index is 1240. The van der Waals surface area contributed by atoms with E-state index < -0.39 is 5.43 Å². The van der Waals surface area contributed by atoms with Crippen molar-refractivity contribution < 1.29 is 42.3 Å². The molecule has 0 radical (unpaired) electrons. The van der Waals surface area contributed by atoms with Crippen LogP contribution < -0.4 is 43.3 Å². The van der Waals surface area contributed by atoms with Gasteiger partial charge in [0, 0.05) is 5.56 Å². The van der Waals surface area contributed by atoms with Crippen LogP contribution in [0.3, 0.4) is 0 Å². The molecule has 0 saturated heterocycles. The predicted molar refractivity (Wildman–Crippen MR) is 113 cm³/mol. The van der Waals surface area contributed by atoms with Gasteiger partial charge in [0.1, 0.15) is 5.39 Å². The highest BCUT2D eigenvalue weighted by Crippen LogP contribution is 2.52. The molecule has 1 aromatic heterocycles. The van der Waals surface area contributed by atoms with Gasteiger partial charge in [0.2, 0.25) is 41.0 Å². The van der Waals surface area contributed by atoms with Gasteiger partial charge < -0.3 is 42.3 Å². The fourth-order valence-electron chi connectivity index (χ4n) is 3.70. The molecular formula is C22H22O10. The highest BCUT2D eigenvalue weighted by Gasteiger charge is 2.31. The molecule has 10 heteroatoms. The first-order valence-electron chi connectivity index (χ1n) is 9.43. The number of methoxy groups -OCH3 is 6. The van der Waals surface area contributed by atoms with Gasteiger partial charge in [0.05, 0.1) is 42.7 Å². The number of rotatable bonds is 7. The molecule has 2 heterocycles. The molecule has 3 aromatic rings. The Morgan fingerprint density at radius 2 is 1.34 bits per heavy atom. The summed E-state index contributed by atoms with van der Waals surface area (Å²) in [5.41, 5.74) is 0.0775. The van der Waals surface area contributed by atoms with Crippen LogP contribution >= 0.6 is 0 Å². The molecule has 0 atom stereocenters. The maximum Gasteiger partial charge on any atom is 0.239 e. The van der Waals surface area contributed by atoms with Gasteiger partial charge in [-0.2, -0.15) is 0 Å². The molecule has 0 amide bonds. The Balaban J connectivity index is 2.14. The van der Waals surface area contributed by atoms with Crippen LogP contribution in [0.5, 0.6) is 46.0 Å². The number of hydrogen-bond donors (Lipinski definition) is 0. The number of ether oxygens (including phenoxy) is 8. The molecule has 0 unspecified atom stereocenters. The summed E-state index contributed by atoms with van der Waals surface area (Å²) < 4.78 is 49.9. The normalized spacial score (nSPS) is 11.9. The van der Waals surface area contributed by atoms with Gasteiger partial charge in [0.15, 0.2) is 28.6 Å². The van der Waals surface area contributed by atoms with Crippen molar-refractivity contribution >= 4 is 11.0 Å². The van der Waals surface area contributed by atoms with Crippen molar-refractivity contribution in [1.82, 2.24) is 0 Å². The maximum atomic E-state index is 13.6. The van der Waals surface area contributed by atoms with E-state index in [2.05, 4.69) is 0 Å². The number of fused-ring (bicyclic) bond motifs is 2. The topological polar surface area (TPSA) is 104 Å². The van der Waals surface area contributed by atoms with Crippen molar-refractivity contribution in [3.8, 4) is 57.3 Å². The van der Waals surface area contributed by atoms with E-state index in [1.807, 2.05) is 0 Å². The van der Waals surface area contributed by atoms with Crippen molar-refractivity contribution in [2.24, 2.45) is 0 Å². The third kappa shape index (κ3) is 2.98. The van der Waals surface area contributed by atoms with Crippen molar-refractivity contribution in [1.29, 1.82) is 0 Å². The summed E-state index contributed by atoms with van der Waals surface area (Å²) in [6.07, 6.45) is 0. The molecule has 0 saturated carbocycles. The van der Waals surface area contributed by atoms with E-state index in [-0.39, 0.29) is 52.3 Å². The van der Waals surface area contributed by atoms with Crippen molar-refractivity contribution in [2.75, 3.05) is 49.5 Å². The van der Waals surface area contributed by atoms with Crippen molar-refractivity contribution in [3.05, 3.63) is 22.4 Å². The molecule has 170 valence electrons. The molecule has 0 spiro atoms. The number of hydrogen-bond acceptors (Lipinski definition) is 10. The lowest BCUT2D eigenvalue weighted by Crippen LogP contribution is -2.11. The maximum absolute atomic E-state index is 13.6. The van der Waals surface area contributed by atoms with E-state index in [0.717, 1.165) is 0 Å². The second-order valence-electron chi connectivity index (χ2n) is 6.54. The monoisotopic (exact) mass is 446 g/mol. The van der Waals surface area contributed by atoms with E-state index in [1.54, 1.807) is 12.1 Å². The molecule has 4 rings (SSSR count). The zero-order valence-electron chi connectivity index (χ0n) is 18.4. The highest BCUT2D eigenvalue weighted by atomic mass is 16.7. The smallest absolute Gasteiger partial charge is 0.239 e. The third-order valence-electron chi connectivity index (χ3n) is 5.06. The van der Waals surface area contributed by atoms with Gasteiger partial charge >= 0.3 is 0 Å². The van der Waals surface area contributed by atoms with Crippen LogP contribution in [0.15, 0.2) is 21.3 Å². The summed E-state index contributed by atoms with van der Waals surface area (Å²) in [5, 5.41) is 0.0790. The first-order chi connectivity index (χ1) is 15.5. The lowest BCUT2D eigenvalue weighted by Gasteiger charge is -2.19. The molecule has 32 heavy (non-hydrogen) atoms. The predicted octanol–water partition coefficient (Wildman–Crippen LogP) is 3.24. The second-order valence-corrected chi connectivity index (χ2v) is 6.54. The summed E-state index contributed by atoms with van der Waals surface area (Å²) in [6, 6.07) is 3.33. The van der Waals surface area contributed by atoms with Crippen molar-refractivity contribution in [2.45, 2.75) is 0 Å². The van der Waals surface area contributed by atoms with Crippen LogP contribution in [0.4, 0.5) is 0 Å². The molecule has 0 fully saturated rings. The van der Waals surface area contributed by atoms with Crippen LogP contribution in [-0.2, 0) is 0 Å². The molecule has 1 aliphatic rings. The molecule has 10 nitrogen and oxygen atoms in total. The van der Waals surface area contributed by atoms with Crippen LogP contribution in [0.25, 0.3) is 22.3 Å². The Hall–Kier alpha value is -3.95. The summed E-state index contributed by atoms with van der Waals surface area (Å²) in [7, 11) is 8.58. The Kier molecular flexibility index (Phi) is 5.52. The third-order valence-corrected chi connectivity index (χ3v) is 5.06. The van der Waals surface area contributed by atoms with Gasteiger partial charge in [-0.15, -0.1) is 0 Å². The quantitative estimate of drug-likeness (QED) is 0.537. The fraction of sp³-hybridized carbons (Fsp3) is 0.318. The second kappa shape index (κ2) is 8.29. The first-order valence-corrected chi connectivity index (χ1v) is 9.43. The lowest BCUT2D eigenvalue weighted by molar-refractivity contribution is 0.171. The van der Waals surface area contributed by atoms with Gasteiger partial charge in [-0.25, -0.2) is 0 Å². The van der Waals surface area contributed by atoms with Crippen LogP contribution in [0, 0.1) is 0 Å². The Morgan fingerprint density at radius 3 is 1.94 bits per heavy atom. The number of benzene rings is 2. The van der Waals surface area contributed by atoms with Gasteiger partial charge in [-0.3, -0.25) is 4.79 Å². The minimum absolute atomic E-state index is 0.0500. The van der Waals surface area contributed by atoms with Gasteiger partial charge in [-0.1, -0.05) is 0 Å². The highest BCUT2D eigenvalue weighted by molar-refractivity contribution is 5.97. The zero-order valence-corrected chi connectivity index (χ0v) is 18.4. The zero-order chi connectivity index (χ0) is 23.0. The van der Waals surface area contributed by atoms with E-state index in [1.165, 1.54) is 42.7 Å². The van der Waals surface area contributed by atoms with Gasteiger partial charge in [-0.05, 0) is 12.1 Å². The summed E-state index contributed by atoms with van der Waals surface area (Å²) in [6.45, 7) is 0.0516. The molecule has 2 aromatic carbocycles. The standard InChI is InChI=1S/C22H22O10/c1-24-11-7-10(8-12-16(11)31-9-30-12)15-19(26-3)14(23)13-17(25-2)20(27-4)22(29-6)21(28-5)18(13)32-15/h7-8H,9H2,1-6H3. The lowest BCUT2D eigenvalue weighted by atomic mass is 10.1. The van der Waals surface area contributed by atoms with E-state index in [9.17, 15) is 4.79 Å². The van der Waals surface area contributed by atoms with Crippen LogP contribution in [-0.4, -0.2) is 49.5 Å². The summed E-state index contributed by atoms with van der Waals surface area (Å²) in [4.78, 5) is 13.6. The average molecular weight is 446 g/mol. The fourth-order valence-corrected chi connectivity index (χ4v) is 3.70. The SMILES string of the molecule is COc1cc(-c2oc3c(OC)c(OC)c(OC)c(OC)c3c(=O)c2OC)cc2c1OCO2. The van der Waals surface area contributed by atoms with E-state index in [4.69, 9.17) is 42.3 Å². The van der Waals surface area contributed by atoms with Crippen molar-refractivity contribution in [3.63, 3.8) is 0 Å². The minimum Gasteiger partial charge on any atom is -0.493 e. The minimum atomic E-state index is -0.489. The summed E-state index contributed by atoms with van der Waals surface area (Å²) >= 11 is 0. The van der Waals surface area contributed by atoms with Gasteiger partial charge in [0.25, 0.3) is 0 Å². The summed E-state index contributed by atoms with van der Waals surface area (Å²) in [5.74, 6) is 2.09. The largest absolute Gasteiger partial charge is 0.493 e. The van der Waals surface area contributed by atoms with Crippen LogP contribution in [0.1, 0.15) is 0 Å². The average Bonchev–Trinajstić information content (AvgIpc) is 3.30. The Labute approximate surface area is 183 Å². The van der Waals surface area contributed by atoms with E-state index in [0.29, 0.717) is 22.8 Å². The van der Waals surface area contributed by atoms with E-state index >= 15 is 0 Å². The molecule has 0 aliphatic carbocycles. The van der Waals surface area contributed by atoms with Crippen LogP contribution in [0.2, 0.25) is 0 Å².